The van der Waals surface area contributed by atoms with Crippen molar-refractivity contribution < 1.29 is 19.1 Å². The number of ether oxygens (including phenoxy) is 1. The third-order valence-electron chi connectivity index (χ3n) is 9.20. The fourth-order valence-electron chi connectivity index (χ4n) is 6.59. The van der Waals surface area contributed by atoms with Gasteiger partial charge in [0, 0.05) is 30.1 Å². The number of carbonyl (C=O) groups is 3. The lowest BCUT2D eigenvalue weighted by molar-refractivity contribution is -0.144. The molecule has 3 aliphatic rings. The number of hydrogen-bond donors (Lipinski definition) is 2. The first-order valence-corrected chi connectivity index (χ1v) is 16.9. The molecule has 43 heavy (non-hydrogen) atoms. The number of nitrogens with one attached hydrogen (secondary N) is 2. The van der Waals surface area contributed by atoms with Crippen LogP contribution in [0.25, 0.3) is 0 Å². The zero-order valence-electron chi connectivity index (χ0n) is 26.0. The molecule has 4 atom stereocenters. The molecular formula is C33H47N5O4S. The van der Waals surface area contributed by atoms with Crippen LogP contribution in [0.3, 0.4) is 0 Å². The van der Waals surface area contributed by atoms with E-state index in [0.29, 0.717) is 48.7 Å². The monoisotopic (exact) mass is 609 g/mol. The Morgan fingerprint density at radius 1 is 1.07 bits per heavy atom. The molecule has 5 rings (SSSR count). The number of piperazine rings is 1. The molecule has 2 N–H and O–H groups in total. The number of fused-ring (bicyclic) bond motifs is 1. The van der Waals surface area contributed by atoms with E-state index in [4.69, 9.17) is 9.72 Å². The van der Waals surface area contributed by atoms with Crippen molar-refractivity contribution >= 4 is 28.9 Å². The number of nitrogens with zero attached hydrogens (tertiary/aromatic N) is 3. The summed E-state index contributed by atoms with van der Waals surface area (Å²) >= 11 is 1.44. The number of carbonyl (C=O) groups excluding carboxylic acids is 3. The van der Waals surface area contributed by atoms with Crippen molar-refractivity contribution in [3.05, 3.63) is 45.9 Å². The second kappa shape index (κ2) is 14.3. The van der Waals surface area contributed by atoms with Gasteiger partial charge in [-0.05, 0) is 70.2 Å². The maximum Gasteiger partial charge on any atom is 0.246 e. The highest BCUT2D eigenvalue weighted by molar-refractivity contribution is 7.10. The van der Waals surface area contributed by atoms with E-state index >= 15 is 0 Å². The molecule has 1 aromatic heterocycles. The fraction of sp³-hybridized carbons (Fsp3) is 0.636. The van der Waals surface area contributed by atoms with Gasteiger partial charge in [-0.25, -0.2) is 4.98 Å². The molecule has 0 bridgehead atoms. The van der Waals surface area contributed by atoms with Crippen LogP contribution in [0.1, 0.15) is 92.8 Å². The highest BCUT2D eigenvalue weighted by atomic mass is 32.1. The van der Waals surface area contributed by atoms with Gasteiger partial charge in [0.05, 0.1) is 18.7 Å². The van der Waals surface area contributed by atoms with Gasteiger partial charge in [-0.15, -0.1) is 11.3 Å². The number of rotatable bonds is 11. The molecule has 0 unspecified atom stereocenters. The van der Waals surface area contributed by atoms with Gasteiger partial charge in [0.1, 0.15) is 22.5 Å². The van der Waals surface area contributed by atoms with Crippen LogP contribution < -0.4 is 15.4 Å². The molecule has 0 radical (unpaired) electrons. The summed E-state index contributed by atoms with van der Waals surface area (Å²) < 4.78 is 5.84. The lowest BCUT2D eigenvalue weighted by atomic mass is 9.82. The SMILES string of the molecule is CN[C@@H](C)C(=O)N[C@H](C(=O)N1C[C@H]2CCCN2C[C@H]1c1nc(C(=O)c2cccc(OCC(C)C)c2)cs1)C1CCCCC1. The number of likely N-dealkylation sites (N-methyl/N-ethyl adjacent to an activating group) is 1. The van der Waals surface area contributed by atoms with Crippen LogP contribution in [-0.4, -0.2) is 83.8 Å². The van der Waals surface area contributed by atoms with Crippen molar-refractivity contribution in [3.63, 3.8) is 0 Å². The summed E-state index contributed by atoms with van der Waals surface area (Å²) in [7, 11) is 1.76. The van der Waals surface area contributed by atoms with Crippen molar-refractivity contribution in [1.29, 1.82) is 0 Å². The smallest absolute Gasteiger partial charge is 0.246 e. The Balaban J connectivity index is 1.40. The molecule has 9 nitrogen and oxygen atoms in total. The van der Waals surface area contributed by atoms with Gasteiger partial charge in [-0.2, -0.15) is 0 Å². The lowest BCUT2D eigenvalue weighted by Crippen LogP contribution is -2.60. The Bertz CT molecular complexity index is 1280. The summed E-state index contributed by atoms with van der Waals surface area (Å²) in [6.07, 6.45) is 7.37. The van der Waals surface area contributed by atoms with Gasteiger partial charge in [0.2, 0.25) is 17.6 Å². The minimum atomic E-state index is -0.561. The maximum atomic E-state index is 14.5. The molecule has 1 saturated carbocycles. The van der Waals surface area contributed by atoms with E-state index in [-0.39, 0.29) is 35.6 Å². The topological polar surface area (TPSA) is 104 Å². The summed E-state index contributed by atoms with van der Waals surface area (Å²) in [6.45, 7) is 8.88. The predicted molar refractivity (Wildman–Crippen MR) is 168 cm³/mol. The summed E-state index contributed by atoms with van der Waals surface area (Å²) in [5.41, 5.74) is 0.921. The average molecular weight is 610 g/mol. The van der Waals surface area contributed by atoms with Gasteiger partial charge < -0.3 is 20.3 Å². The summed E-state index contributed by atoms with van der Waals surface area (Å²) in [4.78, 5) is 50.3. The van der Waals surface area contributed by atoms with Crippen molar-refractivity contribution in [1.82, 2.24) is 25.4 Å². The van der Waals surface area contributed by atoms with E-state index in [1.807, 2.05) is 29.3 Å². The molecule has 1 aromatic carbocycles. The largest absolute Gasteiger partial charge is 0.493 e. The Labute approximate surface area is 259 Å². The molecule has 1 aliphatic carbocycles. The summed E-state index contributed by atoms with van der Waals surface area (Å²) in [5.74, 6) is 0.855. The first-order chi connectivity index (χ1) is 20.7. The van der Waals surface area contributed by atoms with E-state index in [0.717, 1.165) is 50.1 Å². The molecule has 234 valence electrons. The van der Waals surface area contributed by atoms with Crippen LogP contribution in [0, 0.1) is 11.8 Å². The molecule has 2 saturated heterocycles. The highest BCUT2D eigenvalue weighted by Gasteiger charge is 2.44. The molecule has 0 spiro atoms. The van der Waals surface area contributed by atoms with Gasteiger partial charge in [0.15, 0.2) is 0 Å². The van der Waals surface area contributed by atoms with E-state index in [1.54, 1.807) is 19.2 Å². The first kappa shape index (κ1) is 31.6. The average Bonchev–Trinajstić information content (AvgIpc) is 3.71. The maximum absolute atomic E-state index is 14.5. The third kappa shape index (κ3) is 7.46. The number of thiazole rings is 1. The quantitative estimate of drug-likeness (QED) is 0.364. The molecule has 2 amide bonds. The van der Waals surface area contributed by atoms with Gasteiger partial charge >= 0.3 is 0 Å². The van der Waals surface area contributed by atoms with Crippen LogP contribution in [-0.2, 0) is 9.59 Å². The Morgan fingerprint density at radius 3 is 2.60 bits per heavy atom. The number of benzene rings is 1. The predicted octanol–water partition coefficient (Wildman–Crippen LogP) is 4.43. The Kier molecular flexibility index (Phi) is 10.5. The molecule has 3 heterocycles. The van der Waals surface area contributed by atoms with Crippen LogP contribution in [0.5, 0.6) is 5.75 Å². The summed E-state index contributed by atoms with van der Waals surface area (Å²) in [5, 5.41) is 8.73. The highest BCUT2D eigenvalue weighted by Crippen LogP contribution is 2.36. The van der Waals surface area contributed by atoms with Crippen molar-refractivity contribution in [3.8, 4) is 5.75 Å². The minimum absolute atomic E-state index is 0.0156. The Hall–Kier alpha value is -2.82. The van der Waals surface area contributed by atoms with E-state index in [2.05, 4.69) is 29.4 Å². The zero-order valence-corrected chi connectivity index (χ0v) is 26.8. The van der Waals surface area contributed by atoms with Crippen LogP contribution in [0.4, 0.5) is 0 Å². The van der Waals surface area contributed by atoms with E-state index in [1.165, 1.54) is 17.8 Å². The van der Waals surface area contributed by atoms with Crippen LogP contribution >= 0.6 is 11.3 Å². The van der Waals surface area contributed by atoms with Gasteiger partial charge in [0.25, 0.3) is 0 Å². The second-order valence-electron chi connectivity index (χ2n) is 12.8. The standard InChI is InChI=1S/C33H47N5O4S/c1-21(2)19-42-26-14-8-12-24(16-26)30(39)27-20-43-32(35-27)28-18-37-15-9-13-25(37)17-38(28)33(41)29(23-10-6-5-7-11-23)36-31(40)22(3)34-4/h8,12,14,16,20-23,25,28-29,34H,5-7,9-11,13,15,17-19H2,1-4H3,(H,36,40)/t22-,25+,28-,29-/m0/s1. The second-order valence-corrected chi connectivity index (χ2v) is 13.7. The first-order valence-electron chi connectivity index (χ1n) is 16.0. The van der Waals surface area contributed by atoms with Crippen LogP contribution in [0.2, 0.25) is 0 Å². The molecule has 10 heteroatoms. The normalized spacial score (nSPS) is 22.7. The molecule has 2 aromatic rings. The van der Waals surface area contributed by atoms with Crippen LogP contribution in [0.15, 0.2) is 29.6 Å². The number of ketones is 1. The molecule has 3 fully saturated rings. The molecular weight excluding hydrogens is 562 g/mol. The van der Waals surface area contributed by atoms with Crippen molar-refractivity contribution in [2.75, 3.05) is 33.3 Å². The minimum Gasteiger partial charge on any atom is -0.493 e. The Morgan fingerprint density at radius 2 is 1.86 bits per heavy atom. The number of amides is 2. The van der Waals surface area contributed by atoms with E-state index in [9.17, 15) is 14.4 Å². The summed E-state index contributed by atoms with van der Waals surface area (Å²) in [6, 6.07) is 6.36. The van der Waals surface area contributed by atoms with Gasteiger partial charge in [-0.3, -0.25) is 19.3 Å². The fourth-order valence-corrected chi connectivity index (χ4v) is 7.49. The zero-order chi connectivity index (χ0) is 30.5. The molecule has 2 aliphatic heterocycles. The van der Waals surface area contributed by atoms with Gasteiger partial charge in [-0.1, -0.05) is 45.2 Å². The number of hydrogen-bond acceptors (Lipinski definition) is 8. The third-order valence-corrected chi connectivity index (χ3v) is 10.1. The van der Waals surface area contributed by atoms with E-state index < -0.39 is 6.04 Å². The van der Waals surface area contributed by atoms with Crippen molar-refractivity contribution in [2.45, 2.75) is 89.9 Å². The lowest BCUT2D eigenvalue weighted by Gasteiger charge is -2.45. The van der Waals surface area contributed by atoms with Crippen molar-refractivity contribution in [2.24, 2.45) is 11.8 Å². The number of aromatic nitrogens is 1.